The average Bonchev–Trinajstić information content (AvgIpc) is 2.51. The highest BCUT2D eigenvalue weighted by molar-refractivity contribution is 5.61. The van der Waals surface area contributed by atoms with Gasteiger partial charge in [0.2, 0.25) is 0 Å². The number of allylic oxidation sites excluding steroid dienone is 1. The molecule has 0 amide bonds. The first-order chi connectivity index (χ1) is 8.27. The minimum Gasteiger partial charge on any atom is -0.496 e. The number of hydrogen-bond acceptors (Lipinski definition) is 2. The van der Waals surface area contributed by atoms with Crippen LogP contribution >= 0.6 is 0 Å². The summed E-state index contributed by atoms with van der Waals surface area (Å²) < 4.78 is 5.42. The molecule has 0 bridgehead atoms. The second kappa shape index (κ2) is 5.35. The summed E-state index contributed by atoms with van der Waals surface area (Å²) in [7, 11) is 1.72. The van der Waals surface area contributed by atoms with E-state index in [2.05, 4.69) is 31.0 Å². The van der Waals surface area contributed by atoms with Crippen LogP contribution in [0.15, 0.2) is 18.3 Å². The summed E-state index contributed by atoms with van der Waals surface area (Å²) in [6.45, 7) is 4.54. The molecule has 92 valence electrons. The maximum Gasteiger partial charge on any atom is 0.129 e. The van der Waals surface area contributed by atoms with Crippen LogP contribution in [-0.4, -0.2) is 12.1 Å². The van der Waals surface area contributed by atoms with E-state index in [0.717, 1.165) is 12.2 Å². The molecule has 1 aliphatic rings. The lowest BCUT2D eigenvalue weighted by atomic mass is 9.85. The first-order valence-electron chi connectivity index (χ1n) is 6.47. The molecule has 0 fully saturated rings. The molecule has 1 aromatic heterocycles. The Morgan fingerprint density at radius 1 is 1.47 bits per heavy atom. The number of rotatable bonds is 3. The molecule has 0 aliphatic heterocycles. The van der Waals surface area contributed by atoms with E-state index in [4.69, 9.17) is 4.74 Å². The van der Waals surface area contributed by atoms with Crippen molar-refractivity contribution in [1.29, 1.82) is 0 Å². The average molecular weight is 231 g/mol. The maximum atomic E-state index is 5.42. The summed E-state index contributed by atoms with van der Waals surface area (Å²) in [5.41, 5.74) is 2.36. The molecule has 0 saturated carbocycles. The van der Waals surface area contributed by atoms with Crippen molar-refractivity contribution >= 4 is 6.08 Å². The summed E-state index contributed by atoms with van der Waals surface area (Å²) in [5.74, 6) is 2.16. The highest BCUT2D eigenvalue weighted by atomic mass is 16.5. The molecule has 2 nitrogen and oxygen atoms in total. The van der Waals surface area contributed by atoms with Crippen LogP contribution < -0.4 is 4.74 Å². The van der Waals surface area contributed by atoms with Crippen molar-refractivity contribution in [3.63, 3.8) is 0 Å². The molecule has 17 heavy (non-hydrogen) atoms. The van der Waals surface area contributed by atoms with Crippen molar-refractivity contribution in [2.75, 3.05) is 7.11 Å². The Labute approximate surface area is 104 Å². The normalized spacial score (nSPS) is 23.0. The van der Waals surface area contributed by atoms with E-state index < -0.39 is 0 Å². The van der Waals surface area contributed by atoms with E-state index in [1.165, 1.54) is 24.1 Å². The van der Waals surface area contributed by atoms with Crippen LogP contribution in [0, 0.1) is 5.92 Å². The largest absolute Gasteiger partial charge is 0.496 e. The first-order valence-corrected chi connectivity index (χ1v) is 6.47. The summed E-state index contributed by atoms with van der Waals surface area (Å²) in [6, 6.07) is 1.94. The van der Waals surface area contributed by atoms with Crippen LogP contribution in [0.5, 0.6) is 5.75 Å². The van der Waals surface area contributed by atoms with Crippen molar-refractivity contribution in [2.24, 2.45) is 5.92 Å². The number of methoxy groups -OCH3 is 1. The third-order valence-electron chi connectivity index (χ3n) is 3.72. The van der Waals surface area contributed by atoms with E-state index in [-0.39, 0.29) is 0 Å². The van der Waals surface area contributed by atoms with Gasteiger partial charge in [-0.3, -0.25) is 4.98 Å². The number of ether oxygens (including phenoxy) is 1. The van der Waals surface area contributed by atoms with E-state index >= 15 is 0 Å². The lowest BCUT2D eigenvalue weighted by Crippen LogP contribution is -2.11. The van der Waals surface area contributed by atoms with Crippen LogP contribution in [0.2, 0.25) is 0 Å². The molecule has 2 unspecified atom stereocenters. The molecular weight excluding hydrogens is 210 g/mol. The number of aromatic nitrogens is 1. The number of nitrogens with zero attached hydrogens (tertiary/aromatic N) is 1. The smallest absolute Gasteiger partial charge is 0.129 e. The molecule has 1 aliphatic carbocycles. The van der Waals surface area contributed by atoms with E-state index in [0.29, 0.717) is 11.8 Å². The zero-order valence-corrected chi connectivity index (χ0v) is 10.9. The van der Waals surface area contributed by atoms with E-state index in [1.807, 2.05) is 12.3 Å². The monoisotopic (exact) mass is 231 g/mol. The van der Waals surface area contributed by atoms with Gasteiger partial charge in [0.25, 0.3) is 0 Å². The summed E-state index contributed by atoms with van der Waals surface area (Å²) in [5, 5.41) is 0. The van der Waals surface area contributed by atoms with Gasteiger partial charge in [0.15, 0.2) is 0 Å². The van der Waals surface area contributed by atoms with Crippen molar-refractivity contribution in [3.8, 4) is 5.75 Å². The second-order valence-corrected chi connectivity index (χ2v) is 4.79. The first kappa shape index (κ1) is 12.2. The highest BCUT2D eigenvalue weighted by Crippen LogP contribution is 2.37. The van der Waals surface area contributed by atoms with Gasteiger partial charge in [0.1, 0.15) is 5.75 Å². The molecule has 2 heteroatoms. The Balaban J connectivity index is 2.40. The van der Waals surface area contributed by atoms with Crippen LogP contribution in [0.1, 0.15) is 50.3 Å². The Morgan fingerprint density at radius 2 is 2.29 bits per heavy atom. The molecule has 1 heterocycles. The van der Waals surface area contributed by atoms with Gasteiger partial charge in [-0.25, -0.2) is 0 Å². The fraction of sp³-hybridized carbons (Fsp3) is 0.533. The molecule has 0 saturated heterocycles. The summed E-state index contributed by atoms with van der Waals surface area (Å²) in [4.78, 5) is 4.57. The topological polar surface area (TPSA) is 22.1 Å². The van der Waals surface area contributed by atoms with Crippen molar-refractivity contribution < 1.29 is 4.74 Å². The lowest BCUT2D eigenvalue weighted by molar-refractivity contribution is 0.399. The van der Waals surface area contributed by atoms with Gasteiger partial charge in [-0.1, -0.05) is 32.4 Å². The Bertz CT molecular complexity index is 411. The van der Waals surface area contributed by atoms with E-state index in [1.54, 1.807) is 7.11 Å². The highest BCUT2D eigenvalue weighted by Gasteiger charge is 2.24. The number of fused-ring (bicyclic) bond motifs is 1. The van der Waals surface area contributed by atoms with Gasteiger partial charge in [0.05, 0.1) is 12.8 Å². The van der Waals surface area contributed by atoms with Gasteiger partial charge >= 0.3 is 0 Å². The molecule has 0 spiro atoms. The van der Waals surface area contributed by atoms with Crippen LogP contribution in [-0.2, 0) is 0 Å². The third-order valence-corrected chi connectivity index (χ3v) is 3.72. The van der Waals surface area contributed by atoms with Crippen molar-refractivity contribution in [2.45, 2.75) is 39.0 Å². The van der Waals surface area contributed by atoms with Crippen molar-refractivity contribution in [1.82, 2.24) is 4.98 Å². The Morgan fingerprint density at radius 3 is 3.00 bits per heavy atom. The van der Waals surface area contributed by atoms with Crippen LogP contribution in [0.3, 0.4) is 0 Å². The Hall–Kier alpha value is -1.31. The van der Waals surface area contributed by atoms with Gasteiger partial charge in [-0.15, -0.1) is 0 Å². The summed E-state index contributed by atoms with van der Waals surface area (Å²) >= 11 is 0. The number of hydrogen-bond donors (Lipinski definition) is 0. The lowest BCUT2D eigenvalue weighted by Gasteiger charge is -2.22. The van der Waals surface area contributed by atoms with Crippen molar-refractivity contribution in [3.05, 3.63) is 29.6 Å². The molecule has 0 aromatic carbocycles. The molecule has 2 atom stereocenters. The number of pyridine rings is 1. The molecule has 2 rings (SSSR count). The molecular formula is C15H21NO. The molecule has 0 radical (unpaired) electrons. The fourth-order valence-electron chi connectivity index (χ4n) is 2.71. The zero-order valence-electron chi connectivity index (χ0n) is 10.9. The maximum absolute atomic E-state index is 5.42. The quantitative estimate of drug-likeness (QED) is 0.783. The standard InChI is InChI=1S/C15H21NO/c1-4-6-12-7-5-8-13-14(17-3)9-10-16-15(13)11(12)2/h5,8-12H,4,6-7H2,1-3H3. The van der Waals surface area contributed by atoms with Gasteiger partial charge in [0, 0.05) is 17.7 Å². The fourth-order valence-corrected chi connectivity index (χ4v) is 2.71. The predicted octanol–water partition coefficient (Wildman–Crippen LogP) is 4.03. The predicted molar refractivity (Wildman–Crippen MR) is 71.3 cm³/mol. The minimum atomic E-state index is 0.509. The zero-order chi connectivity index (χ0) is 12.3. The SMILES string of the molecule is CCCC1CC=Cc2c(OC)ccnc2C1C. The Kier molecular flexibility index (Phi) is 3.82. The second-order valence-electron chi connectivity index (χ2n) is 4.79. The van der Waals surface area contributed by atoms with Crippen LogP contribution in [0.4, 0.5) is 0 Å². The summed E-state index contributed by atoms with van der Waals surface area (Å²) in [6.07, 6.45) is 9.96. The van der Waals surface area contributed by atoms with E-state index in [9.17, 15) is 0 Å². The van der Waals surface area contributed by atoms with Gasteiger partial charge in [-0.05, 0) is 24.8 Å². The minimum absolute atomic E-state index is 0.509. The molecule has 1 aromatic rings. The van der Waals surface area contributed by atoms with Crippen LogP contribution in [0.25, 0.3) is 6.08 Å². The van der Waals surface area contributed by atoms with Gasteiger partial charge in [-0.2, -0.15) is 0 Å². The third kappa shape index (κ3) is 2.36. The molecule has 0 N–H and O–H groups in total. The van der Waals surface area contributed by atoms with Gasteiger partial charge < -0.3 is 4.74 Å².